The van der Waals surface area contributed by atoms with Crippen molar-refractivity contribution in [2.45, 2.75) is 25.3 Å². The second-order valence-corrected chi connectivity index (χ2v) is 3.52. The Kier molecular flexibility index (Phi) is 2.60. The van der Waals surface area contributed by atoms with Gasteiger partial charge in [-0.15, -0.1) is 0 Å². The first-order valence-electron chi connectivity index (χ1n) is 4.86. The van der Waals surface area contributed by atoms with Gasteiger partial charge in [0.1, 0.15) is 5.82 Å². The Balaban J connectivity index is 2.18. The van der Waals surface area contributed by atoms with E-state index >= 15 is 0 Å². The molecular weight excluding hydrogens is 165 g/mol. The van der Waals surface area contributed by atoms with Gasteiger partial charge in [-0.25, -0.2) is 4.39 Å². The molecule has 0 radical (unpaired) electrons. The lowest BCUT2D eigenvalue weighted by molar-refractivity contribution is 0.400. The Morgan fingerprint density at radius 1 is 1.23 bits per heavy atom. The highest BCUT2D eigenvalue weighted by atomic mass is 19.1. The van der Waals surface area contributed by atoms with Crippen LogP contribution in [-0.4, -0.2) is 6.54 Å². The Bertz CT molecular complexity index is 279. The summed E-state index contributed by atoms with van der Waals surface area (Å²) in [4.78, 5) is 0. The fourth-order valence-corrected chi connectivity index (χ4v) is 1.87. The highest BCUT2D eigenvalue weighted by Gasteiger charge is 2.16. The zero-order valence-electron chi connectivity index (χ0n) is 7.59. The van der Waals surface area contributed by atoms with Crippen LogP contribution in [0.2, 0.25) is 0 Å². The molecule has 1 nitrogen and oxygen atoms in total. The van der Waals surface area contributed by atoms with Crippen LogP contribution in [0.4, 0.5) is 4.39 Å². The molecule has 0 bridgehead atoms. The van der Waals surface area contributed by atoms with Crippen molar-refractivity contribution in [3.63, 3.8) is 0 Å². The zero-order chi connectivity index (χ0) is 9.10. The summed E-state index contributed by atoms with van der Waals surface area (Å²) in [5.41, 5.74) is 0.821. The van der Waals surface area contributed by atoms with Gasteiger partial charge in [0.15, 0.2) is 0 Å². The van der Waals surface area contributed by atoms with E-state index in [0.717, 1.165) is 18.5 Å². The smallest absolute Gasteiger partial charge is 0.127 e. The molecule has 1 aliphatic heterocycles. The maximum atomic E-state index is 13.3. The summed E-state index contributed by atoms with van der Waals surface area (Å²) in [6.45, 7) is 1.01. The molecule has 1 saturated heterocycles. The van der Waals surface area contributed by atoms with E-state index in [0.29, 0.717) is 0 Å². The van der Waals surface area contributed by atoms with Crippen LogP contribution in [0, 0.1) is 5.82 Å². The third-order valence-corrected chi connectivity index (χ3v) is 2.59. The summed E-state index contributed by atoms with van der Waals surface area (Å²) in [7, 11) is 0. The SMILES string of the molecule is Fc1ccccc1[C@H]1CCCCN1. The van der Waals surface area contributed by atoms with Gasteiger partial charge in [-0.1, -0.05) is 24.6 Å². The van der Waals surface area contributed by atoms with Gasteiger partial charge in [0, 0.05) is 11.6 Å². The molecule has 0 unspecified atom stereocenters. The van der Waals surface area contributed by atoms with Crippen LogP contribution in [0.25, 0.3) is 0 Å². The van der Waals surface area contributed by atoms with Crippen molar-refractivity contribution in [2.24, 2.45) is 0 Å². The molecule has 1 heterocycles. The third kappa shape index (κ3) is 1.89. The average molecular weight is 179 g/mol. The van der Waals surface area contributed by atoms with Gasteiger partial charge in [-0.05, 0) is 25.5 Å². The van der Waals surface area contributed by atoms with Crippen molar-refractivity contribution >= 4 is 0 Å². The van der Waals surface area contributed by atoms with E-state index in [-0.39, 0.29) is 11.9 Å². The van der Waals surface area contributed by atoms with Crippen LogP contribution >= 0.6 is 0 Å². The minimum atomic E-state index is -0.0816. The summed E-state index contributed by atoms with van der Waals surface area (Å²) in [6.07, 6.45) is 3.47. The number of benzene rings is 1. The van der Waals surface area contributed by atoms with Gasteiger partial charge >= 0.3 is 0 Å². The molecule has 13 heavy (non-hydrogen) atoms. The van der Waals surface area contributed by atoms with Gasteiger partial charge in [-0.3, -0.25) is 0 Å². The summed E-state index contributed by atoms with van der Waals surface area (Å²) in [5, 5.41) is 3.34. The Morgan fingerprint density at radius 2 is 2.08 bits per heavy atom. The van der Waals surface area contributed by atoms with Gasteiger partial charge < -0.3 is 5.32 Å². The number of hydrogen-bond donors (Lipinski definition) is 1. The van der Waals surface area contributed by atoms with Crippen molar-refractivity contribution < 1.29 is 4.39 Å². The van der Waals surface area contributed by atoms with Crippen molar-refractivity contribution in [2.75, 3.05) is 6.54 Å². The Labute approximate surface area is 78.0 Å². The summed E-state index contributed by atoms with van der Waals surface area (Å²) in [5.74, 6) is -0.0816. The molecule has 1 aliphatic rings. The quantitative estimate of drug-likeness (QED) is 0.698. The van der Waals surface area contributed by atoms with E-state index in [9.17, 15) is 4.39 Å². The predicted octanol–water partition coefficient (Wildman–Crippen LogP) is 2.64. The van der Waals surface area contributed by atoms with Crippen LogP contribution in [0.15, 0.2) is 24.3 Å². The molecular formula is C11H14FN. The fourth-order valence-electron chi connectivity index (χ4n) is 1.87. The number of hydrogen-bond acceptors (Lipinski definition) is 1. The maximum absolute atomic E-state index is 13.3. The zero-order valence-corrected chi connectivity index (χ0v) is 7.59. The minimum Gasteiger partial charge on any atom is -0.310 e. The van der Waals surface area contributed by atoms with E-state index in [1.807, 2.05) is 12.1 Å². The molecule has 0 spiro atoms. The monoisotopic (exact) mass is 179 g/mol. The first-order valence-corrected chi connectivity index (χ1v) is 4.86. The van der Waals surface area contributed by atoms with Crippen molar-refractivity contribution in [3.05, 3.63) is 35.6 Å². The lowest BCUT2D eigenvalue weighted by atomic mass is 9.97. The molecule has 2 heteroatoms. The van der Waals surface area contributed by atoms with Crippen molar-refractivity contribution in [3.8, 4) is 0 Å². The Morgan fingerprint density at radius 3 is 2.77 bits per heavy atom. The van der Waals surface area contributed by atoms with Crippen LogP contribution in [0.1, 0.15) is 30.9 Å². The molecule has 2 rings (SSSR count). The molecule has 1 aromatic carbocycles. The lowest BCUT2D eigenvalue weighted by Gasteiger charge is -2.23. The molecule has 1 atom stereocenters. The molecule has 0 amide bonds. The number of halogens is 1. The van der Waals surface area contributed by atoms with E-state index in [1.54, 1.807) is 6.07 Å². The van der Waals surface area contributed by atoms with Gasteiger partial charge in [0.05, 0.1) is 0 Å². The van der Waals surface area contributed by atoms with E-state index in [1.165, 1.54) is 18.9 Å². The van der Waals surface area contributed by atoms with Crippen molar-refractivity contribution in [1.29, 1.82) is 0 Å². The number of rotatable bonds is 1. The standard InChI is InChI=1S/C11H14FN/c12-10-6-2-1-5-9(10)11-7-3-4-8-13-11/h1-2,5-6,11,13H,3-4,7-8H2/t11-/m1/s1. The Hall–Kier alpha value is -0.890. The van der Waals surface area contributed by atoms with E-state index in [4.69, 9.17) is 0 Å². The van der Waals surface area contributed by atoms with Gasteiger partial charge in [0.25, 0.3) is 0 Å². The average Bonchev–Trinajstić information content (AvgIpc) is 2.20. The first-order chi connectivity index (χ1) is 6.38. The van der Waals surface area contributed by atoms with Crippen LogP contribution in [-0.2, 0) is 0 Å². The van der Waals surface area contributed by atoms with Crippen LogP contribution in [0.5, 0.6) is 0 Å². The lowest BCUT2D eigenvalue weighted by Crippen LogP contribution is -2.27. The van der Waals surface area contributed by atoms with E-state index < -0.39 is 0 Å². The molecule has 1 fully saturated rings. The molecule has 1 aromatic rings. The molecule has 1 N–H and O–H groups in total. The predicted molar refractivity (Wildman–Crippen MR) is 51.0 cm³/mol. The van der Waals surface area contributed by atoms with Crippen LogP contribution < -0.4 is 5.32 Å². The highest BCUT2D eigenvalue weighted by Crippen LogP contribution is 2.24. The van der Waals surface area contributed by atoms with Crippen LogP contribution in [0.3, 0.4) is 0 Å². The summed E-state index contributed by atoms with van der Waals surface area (Å²) >= 11 is 0. The summed E-state index contributed by atoms with van der Waals surface area (Å²) in [6, 6.07) is 7.27. The first kappa shape index (κ1) is 8.70. The second-order valence-electron chi connectivity index (χ2n) is 3.52. The van der Waals surface area contributed by atoms with E-state index in [2.05, 4.69) is 5.32 Å². The number of piperidine rings is 1. The fraction of sp³-hybridized carbons (Fsp3) is 0.455. The van der Waals surface area contributed by atoms with Gasteiger partial charge in [-0.2, -0.15) is 0 Å². The number of nitrogens with one attached hydrogen (secondary N) is 1. The highest BCUT2D eigenvalue weighted by molar-refractivity contribution is 5.21. The normalized spacial score (nSPS) is 23.0. The minimum absolute atomic E-state index is 0.0816. The second kappa shape index (κ2) is 3.88. The molecule has 0 aromatic heterocycles. The molecule has 70 valence electrons. The topological polar surface area (TPSA) is 12.0 Å². The third-order valence-electron chi connectivity index (χ3n) is 2.59. The molecule has 0 aliphatic carbocycles. The van der Waals surface area contributed by atoms with Gasteiger partial charge in [0.2, 0.25) is 0 Å². The largest absolute Gasteiger partial charge is 0.310 e. The maximum Gasteiger partial charge on any atom is 0.127 e. The molecule has 0 saturated carbocycles. The van der Waals surface area contributed by atoms with Crippen molar-refractivity contribution in [1.82, 2.24) is 5.32 Å². The summed E-state index contributed by atoms with van der Waals surface area (Å²) < 4.78 is 13.3.